The molecule has 3 rings (SSSR count). The summed E-state index contributed by atoms with van der Waals surface area (Å²) in [5, 5.41) is 0. The Bertz CT molecular complexity index is 800. The highest BCUT2D eigenvalue weighted by Gasteiger charge is 2.51. The molecule has 1 atom stereocenters. The second kappa shape index (κ2) is 7.57. The van der Waals surface area contributed by atoms with Gasteiger partial charge in [-0.15, -0.1) is 0 Å². The van der Waals surface area contributed by atoms with Gasteiger partial charge in [0, 0.05) is 25.7 Å². The summed E-state index contributed by atoms with van der Waals surface area (Å²) in [5.41, 5.74) is 0.324. The van der Waals surface area contributed by atoms with Crippen LogP contribution in [0, 0.1) is 0 Å². The van der Waals surface area contributed by atoms with Gasteiger partial charge >= 0.3 is 13.2 Å². The van der Waals surface area contributed by atoms with E-state index in [9.17, 15) is 9.59 Å². The predicted molar refractivity (Wildman–Crippen MR) is 117 cm³/mol. The Balaban J connectivity index is 1.67. The van der Waals surface area contributed by atoms with Gasteiger partial charge in [0.25, 0.3) is 0 Å². The van der Waals surface area contributed by atoms with Gasteiger partial charge in [-0.3, -0.25) is 4.79 Å². The van der Waals surface area contributed by atoms with Crippen LogP contribution in [0.1, 0.15) is 54.9 Å². The minimum absolute atomic E-state index is 0.0150. The number of nitrogens with zero attached hydrogens (tertiary/aromatic N) is 2. The van der Waals surface area contributed by atoms with E-state index in [-0.39, 0.29) is 18.4 Å². The summed E-state index contributed by atoms with van der Waals surface area (Å²) in [6, 6.07) is 7.42. The van der Waals surface area contributed by atoms with Crippen molar-refractivity contribution in [3.8, 4) is 0 Å². The topological polar surface area (TPSA) is 68.3 Å². The maximum atomic E-state index is 12.6. The maximum Gasteiger partial charge on any atom is 0.494 e. The molecule has 0 unspecified atom stereocenters. The molecule has 2 aliphatic rings. The first kappa shape index (κ1) is 22.6. The third-order valence-corrected chi connectivity index (χ3v) is 6.06. The van der Waals surface area contributed by atoms with E-state index in [4.69, 9.17) is 14.0 Å². The van der Waals surface area contributed by atoms with E-state index in [0.717, 1.165) is 11.2 Å². The number of carbonyl (C=O) groups is 2. The van der Waals surface area contributed by atoms with E-state index >= 15 is 0 Å². The SMILES string of the molecule is CN(C(=O)OC(C)(C)C)[C@H]1CC(=O)N(c2ccc(B3OC(C)(C)C(C)(C)O3)cc2)C1. The predicted octanol–water partition coefficient (Wildman–Crippen LogP) is 2.96. The van der Waals surface area contributed by atoms with Gasteiger partial charge in [-0.05, 0) is 66.1 Å². The minimum atomic E-state index is -0.572. The van der Waals surface area contributed by atoms with E-state index in [1.807, 2.05) is 72.7 Å². The Labute approximate surface area is 179 Å². The molecule has 0 spiro atoms. The number of carbonyl (C=O) groups excluding carboxylic acids is 2. The Morgan fingerprint density at radius 2 is 1.67 bits per heavy atom. The normalized spacial score (nSPS) is 23.1. The summed E-state index contributed by atoms with van der Waals surface area (Å²) in [6.07, 6.45) is -0.146. The standard InChI is InChI=1S/C22H33BN2O5/c1-20(2,3)28-19(27)24(8)17-13-18(26)25(14-17)16-11-9-15(10-12-16)23-29-21(4,5)22(6,7)30-23/h9-12,17H,13-14H2,1-8H3/t17-/m0/s1. The molecule has 164 valence electrons. The van der Waals surface area contributed by atoms with Gasteiger partial charge in [0.15, 0.2) is 0 Å². The van der Waals surface area contributed by atoms with Crippen LogP contribution in [0.5, 0.6) is 0 Å². The Morgan fingerprint density at radius 3 is 2.17 bits per heavy atom. The van der Waals surface area contributed by atoms with Crippen molar-refractivity contribution in [2.45, 2.75) is 77.7 Å². The van der Waals surface area contributed by atoms with Gasteiger partial charge in [0.1, 0.15) is 5.60 Å². The van der Waals surface area contributed by atoms with E-state index in [2.05, 4.69) is 0 Å². The van der Waals surface area contributed by atoms with Crippen LogP contribution in [0.4, 0.5) is 10.5 Å². The molecule has 2 aliphatic heterocycles. The lowest BCUT2D eigenvalue weighted by atomic mass is 9.79. The molecule has 2 amide bonds. The van der Waals surface area contributed by atoms with Crippen molar-refractivity contribution in [2.24, 2.45) is 0 Å². The van der Waals surface area contributed by atoms with Crippen molar-refractivity contribution in [1.82, 2.24) is 4.90 Å². The fraction of sp³-hybridized carbons (Fsp3) is 0.636. The van der Waals surface area contributed by atoms with Gasteiger partial charge in [-0.2, -0.15) is 0 Å². The van der Waals surface area contributed by atoms with Gasteiger partial charge < -0.3 is 23.8 Å². The van der Waals surface area contributed by atoms with E-state index in [0.29, 0.717) is 6.54 Å². The highest BCUT2D eigenvalue weighted by molar-refractivity contribution is 6.62. The first-order valence-corrected chi connectivity index (χ1v) is 10.4. The third kappa shape index (κ3) is 4.49. The molecule has 0 radical (unpaired) electrons. The number of rotatable bonds is 3. The van der Waals surface area contributed by atoms with Crippen LogP contribution in [-0.4, -0.2) is 60.5 Å². The summed E-state index contributed by atoms with van der Waals surface area (Å²) in [4.78, 5) is 28.2. The lowest BCUT2D eigenvalue weighted by Gasteiger charge is -2.32. The van der Waals surface area contributed by atoms with Crippen LogP contribution < -0.4 is 10.4 Å². The van der Waals surface area contributed by atoms with Crippen molar-refractivity contribution in [3.63, 3.8) is 0 Å². The first-order valence-electron chi connectivity index (χ1n) is 10.4. The second-order valence-electron chi connectivity index (χ2n) is 10.1. The zero-order valence-electron chi connectivity index (χ0n) is 19.3. The van der Waals surface area contributed by atoms with Crippen LogP contribution in [-0.2, 0) is 18.8 Å². The van der Waals surface area contributed by atoms with Crippen LogP contribution in [0.25, 0.3) is 0 Å². The quantitative estimate of drug-likeness (QED) is 0.709. The molecule has 8 heteroatoms. The number of benzene rings is 1. The molecule has 2 heterocycles. The smallest absolute Gasteiger partial charge is 0.444 e. The number of hydrogen-bond acceptors (Lipinski definition) is 5. The number of ether oxygens (including phenoxy) is 1. The van der Waals surface area contributed by atoms with Gasteiger partial charge in [0.2, 0.25) is 5.91 Å². The van der Waals surface area contributed by atoms with Gasteiger partial charge in [-0.1, -0.05) is 12.1 Å². The molecule has 2 fully saturated rings. The number of hydrogen-bond donors (Lipinski definition) is 0. The highest BCUT2D eigenvalue weighted by Crippen LogP contribution is 2.36. The van der Waals surface area contributed by atoms with E-state index < -0.39 is 30.0 Å². The third-order valence-electron chi connectivity index (χ3n) is 6.06. The zero-order chi connectivity index (χ0) is 22.5. The Hall–Kier alpha value is -2.06. The van der Waals surface area contributed by atoms with Gasteiger partial charge in [-0.25, -0.2) is 4.79 Å². The molecular weight excluding hydrogens is 383 g/mol. The fourth-order valence-electron chi connectivity index (χ4n) is 3.47. The molecule has 2 saturated heterocycles. The lowest BCUT2D eigenvalue weighted by molar-refractivity contribution is -0.117. The molecule has 7 nitrogen and oxygen atoms in total. The van der Waals surface area contributed by atoms with E-state index in [1.54, 1.807) is 11.9 Å². The summed E-state index contributed by atoms with van der Waals surface area (Å²) >= 11 is 0. The Kier molecular flexibility index (Phi) is 5.71. The van der Waals surface area contributed by atoms with Crippen molar-refractivity contribution < 1.29 is 23.6 Å². The summed E-state index contributed by atoms with van der Waals surface area (Å²) in [7, 11) is 1.24. The molecule has 0 bridgehead atoms. The largest absolute Gasteiger partial charge is 0.494 e. The van der Waals surface area contributed by atoms with Crippen molar-refractivity contribution in [3.05, 3.63) is 24.3 Å². The highest BCUT2D eigenvalue weighted by atomic mass is 16.7. The zero-order valence-corrected chi connectivity index (χ0v) is 19.3. The van der Waals surface area contributed by atoms with Crippen molar-refractivity contribution in [2.75, 3.05) is 18.5 Å². The monoisotopic (exact) mass is 416 g/mol. The molecule has 1 aromatic rings. The number of likely N-dealkylation sites (N-methyl/N-ethyl adjacent to an activating group) is 1. The molecule has 0 aliphatic carbocycles. The molecule has 1 aromatic carbocycles. The first-order chi connectivity index (χ1) is 13.7. The summed E-state index contributed by atoms with van der Waals surface area (Å²) in [6.45, 7) is 14.0. The molecule has 0 aromatic heterocycles. The second-order valence-corrected chi connectivity index (χ2v) is 10.1. The van der Waals surface area contributed by atoms with Crippen LogP contribution in [0.2, 0.25) is 0 Å². The maximum absolute atomic E-state index is 12.6. The molecule has 0 saturated carbocycles. The average Bonchev–Trinajstić information content (AvgIpc) is 3.09. The lowest BCUT2D eigenvalue weighted by Crippen LogP contribution is -2.42. The van der Waals surface area contributed by atoms with Crippen LogP contribution >= 0.6 is 0 Å². The number of anilines is 1. The fourth-order valence-corrected chi connectivity index (χ4v) is 3.47. The van der Waals surface area contributed by atoms with Crippen LogP contribution in [0.3, 0.4) is 0 Å². The molecule has 0 N–H and O–H groups in total. The van der Waals surface area contributed by atoms with E-state index in [1.165, 1.54) is 4.90 Å². The van der Waals surface area contributed by atoms with Crippen molar-refractivity contribution in [1.29, 1.82) is 0 Å². The summed E-state index contributed by atoms with van der Waals surface area (Å²) in [5.74, 6) is -0.0150. The van der Waals surface area contributed by atoms with Crippen LogP contribution in [0.15, 0.2) is 24.3 Å². The molecular formula is C22H33BN2O5. The Morgan fingerprint density at radius 1 is 1.13 bits per heavy atom. The molecule has 30 heavy (non-hydrogen) atoms. The minimum Gasteiger partial charge on any atom is -0.444 e. The number of amides is 2. The van der Waals surface area contributed by atoms with Gasteiger partial charge in [0.05, 0.1) is 17.2 Å². The average molecular weight is 416 g/mol. The summed E-state index contributed by atoms with van der Waals surface area (Å²) < 4.78 is 17.6. The van der Waals surface area contributed by atoms with Crippen molar-refractivity contribution >= 4 is 30.3 Å².